The minimum absolute atomic E-state index is 0.221. The molecule has 0 atom stereocenters. The minimum Gasteiger partial charge on any atom is -0.444 e. The Morgan fingerprint density at radius 1 is 1.11 bits per heavy atom. The van der Waals surface area contributed by atoms with Gasteiger partial charge >= 0.3 is 6.09 Å². The summed E-state index contributed by atoms with van der Waals surface area (Å²) in [4.78, 5) is 40.1. The molecule has 0 aliphatic heterocycles. The van der Waals surface area contributed by atoms with Crippen molar-refractivity contribution in [2.45, 2.75) is 32.8 Å². The zero-order chi connectivity index (χ0) is 27.9. The van der Waals surface area contributed by atoms with E-state index in [1.807, 2.05) is 11.9 Å². The highest BCUT2D eigenvalue weighted by Gasteiger charge is 2.21. The van der Waals surface area contributed by atoms with E-state index in [1.54, 1.807) is 64.4 Å². The van der Waals surface area contributed by atoms with Gasteiger partial charge in [-0.05, 0) is 45.0 Å². The number of Topliss-reactive ketones (excluding diaryl/α,β-unsaturated/α-hetero) is 1. The Balaban J connectivity index is 1.81. The average Bonchev–Trinajstić information content (AvgIpc) is 3.38. The fourth-order valence-electron chi connectivity index (χ4n) is 3.43. The molecular weight excluding hydrogens is 512 g/mol. The summed E-state index contributed by atoms with van der Waals surface area (Å²) in [5.74, 6) is -0.974. The number of methoxy groups -OCH3 is 1. The van der Waals surface area contributed by atoms with Crippen LogP contribution in [0.5, 0.6) is 0 Å². The monoisotopic (exact) mass is 542 g/mol. The van der Waals surface area contributed by atoms with Crippen molar-refractivity contribution in [2.75, 3.05) is 42.8 Å². The predicted octanol–water partition coefficient (Wildman–Crippen LogP) is 4.56. The van der Waals surface area contributed by atoms with E-state index in [4.69, 9.17) is 21.1 Å². The molecule has 0 bridgehead atoms. The summed E-state index contributed by atoms with van der Waals surface area (Å²) in [6.45, 7) is 6.22. The van der Waals surface area contributed by atoms with Crippen molar-refractivity contribution >= 4 is 46.4 Å². The van der Waals surface area contributed by atoms with Gasteiger partial charge in [0.2, 0.25) is 5.91 Å². The van der Waals surface area contributed by atoms with Crippen LogP contribution in [0.3, 0.4) is 0 Å². The number of carbonyl (C=O) groups excluding carboxylic acids is 3. The topological polar surface area (TPSA) is 128 Å². The van der Waals surface area contributed by atoms with Crippen molar-refractivity contribution < 1.29 is 23.9 Å². The van der Waals surface area contributed by atoms with E-state index in [9.17, 15) is 14.4 Å². The zero-order valence-electron chi connectivity index (χ0n) is 21.9. The summed E-state index contributed by atoms with van der Waals surface area (Å²) in [6, 6.07) is 9.85. The first-order valence-electron chi connectivity index (χ1n) is 11.8. The van der Waals surface area contributed by atoms with Crippen LogP contribution >= 0.6 is 11.6 Å². The lowest BCUT2D eigenvalue weighted by atomic mass is 10.1. The Hall–Kier alpha value is -3.96. The molecule has 0 unspecified atom stereocenters. The first kappa shape index (κ1) is 28.6. The molecule has 0 saturated heterocycles. The Morgan fingerprint density at radius 3 is 2.50 bits per heavy atom. The van der Waals surface area contributed by atoms with Crippen LogP contribution in [-0.2, 0) is 14.3 Å². The summed E-state index contributed by atoms with van der Waals surface area (Å²) in [5, 5.41) is 13.4. The van der Waals surface area contributed by atoms with Gasteiger partial charge in [0.25, 0.3) is 0 Å². The molecule has 0 radical (unpaired) electrons. The SMILES string of the molecule is COCCN(C)c1cc(NC(=O)OC(C)(C)C)c(NC(=O)CC(=O)c2cccc(-n3ccnn3)c2)cc1Cl. The van der Waals surface area contributed by atoms with Crippen LogP contribution in [0.15, 0.2) is 48.8 Å². The summed E-state index contributed by atoms with van der Waals surface area (Å²) in [7, 11) is 3.41. The zero-order valence-corrected chi connectivity index (χ0v) is 22.7. The van der Waals surface area contributed by atoms with Crippen molar-refractivity contribution in [1.82, 2.24) is 15.0 Å². The molecule has 38 heavy (non-hydrogen) atoms. The van der Waals surface area contributed by atoms with Crippen molar-refractivity contribution in [2.24, 2.45) is 0 Å². The summed E-state index contributed by atoms with van der Waals surface area (Å²) in [5.41, 5.74) is 1.33. The highest BCUT2D eigenvalue weighted by atomic mass is 35.5. The van der Waals surface area contributed by atoms with E-state index < -0.39 is 29.8 Å². The van der Waals surface area contributed by atoms with Gasteiger partial charge in [-0.1, -0.05) is 28.9 Å². The molecule has 0 aliphatic carbocycles. The van der Waals surface area contributed by atoms with Gasteiger partial charge in [-0.2, -0.15) is 0 Å². The predicted molar refractivity (Wildman–Crippen MR) is 145 cm³/mol. The normalized spacial score (nSPS) is 11.1. The van der Waals surface area contributed by atoms with Crippen LogP contribution in [0.2, 0.25) is 5.02 Å². The summed E-state index contributed by atoms with van der Waals surface area (Å²) < 4.78 is 12.0. The van der Waals surface area contributed by atoms with Gasteiger partial charge in [0.1, 0.15) is 5.60 Å². The molecule has 1 aromatic heterocycles. The quantitative estimate of drug-likeness (QED) is 0.282. The highest BCUT2D eigenvalue weighted by molar-refractivity contribution is 6.34. The van der Waals surface area contributed by atoms with Crippen LogP contribution in [0, 0.1) is 0 Å². The fraction of sp³-hybridized carbons (Fsp3) is 0.346. The Kier molecular flexibility index (Phi) is 9.43. The van der Waals surface area contributed by atoms with Crippen LogP contribution < -0.4 is 15.5 Å². The van der Waals surface area contributed by atoms with Gasteiger partial charge in [0.15, 0.2) is 5.78 Å². The maximum Gasteiger partial charge on any atom is 0.412 e. The molecule has 0 spiro atoms. The second-order valence-electron chi connectivity index (χ2n) is 9.44. The van der Waals surface area contributed by atoms with Crippen LogP contribution in [0.4, 0.5) is 21.9 Å². The first-order valence-corrected chi connectivity index (χ1v) is 12.2. The van der Waals surface area contributed by atoms with E-state index in [-0.39, 0.29) is 11.4 Å². The molecule has 3 rings (SSSR count). The molecule has 2 aromatic carbocycles. The number of halogens is 1. The van der Waals surface area contributed by atoms with E-state index in [0.29, 0.717) is 35.1 Å². The first-order chi connectivity index (χ1) is 18.0. The number of nitrogens with zero attached hydrogens (tertiary/aromatic N) is 4. The van der Waals surface area contributed by atoms with Crippen LogP contribution in [0.1, 0.15) is 37.6 Å². The third kappa shape index (κ3) is 8.02. The molecule has 1 heterocycles. The number of benzene rings is 2. The number of rotatable bonds is 10. The number of aromatic nitrogens is 3. The number of hydrogen-bond donors (Lipinski definition) is 2. The highest BCUT2D eigenvalue weighted by Crippen LogP contribution is 2.35. The molecule has 202 valence electrons. The third-order valence-corrected chi connectivity index (χ3v) is 5.52. The lowest BCUT2D eigenvalue weighted by Gasteiger charge is -2.24. The van der Waals surface area contributed by atoms with Gasteiger partial charge in [0, 0.05) is 26.3 Å². The lowest BCUT2D eigenvalue weighted by molar-refractivity contribution is -0.115. The van der Waals surface area contributed by atoms with E-state index in [1.165, 1.54) is 16.9 Å². The standard InChI is InChI=1S/C26H31ClN6O5/c1-26(2,3)38-25(36)30-21-15-22(32(4)11-12-37-5)19(27)14-20(21)29-24(35)16-23(34)17-7-6-8-18(13-17)33-10-9-28-31-33/h6-10,13-15H,11-12,16H2,1-5H3,(H,29,35)(H,30,36). The molecule has 3 aromatic rings. The number of nitrogens with one attached hydrogen (secondary N) is 2. The Bertz CT molecular complexity index is 1290. The minimum atomic E-state index is -0.731. The third-order valence-electron chi connectivity index (χ3n) is 5.22. The second kappa shape index (κ2) is 12.5. The summed E-state index contributed by atoms with van der Waals surface area (Å²) >= 11 is 6.51. The maximum atomic E-state index is 12.9. The smallest absolute Gasteiger partial charge is 0.412 e. The van der Waals surface area contributed by atoms with Crippen LogP contribution in [0.25, 0.3) is 5.69 Å². The molecule has 0 saturated carbocycles. The number of carbonyl (C=O) groups is 3. The largest absolute Gasteiger partial charge is 0.444 e. The van der Waals surface area contributed by atoms with Crippen molar-refractivity contribution in [3.05, 3.63) is 59.4 Å². The number of anilines is 3. The van der Waals surface area contributed by atoms with Gasteiger partial charge in [-0.3, -0.25) is 14.9 Å². The van der Waals surface area contributed by atoms with Gasteiger partial charge in [-0.25, -0.2) is 9.48 Å². The molecule has 12 heteroatoms. The second-order valence-corrected chi connectivity index (χ2v) is 9.84. The number of hydrogen-bond acceptors (Lipinski definition) is 8. The molecule has 2 N–H and O–H groups in total. The number of ether oxygens (including phenoxy) is 2. The molecule has 2 amide bonds. The van der Waals surface area contributed by atoms with Crippen LogP contribution in [-0.4, -0.2) is 65.7 Å². The van der Waals surface area contributed by atoms with Crippen molar-refractivity contribution in [3.8, 4) is 5.69 Å². The Labute approximate surface area is 226 Å². The van der Waals surface area contributed by atoms with E-state index in [0.717, 1.165) is 0 Å². The average molecular weight is 543 g/mol. The van der Waals surface area contributed by atoms with E-state index >= 15 is 0 Å². The number of ketones is 1. The molecular formula is C26H31ClN6O5. The Morgan fingerprint density at radius 2 is 1.84 bits per heavy atom. The van der Waals surface area contributed by atoms with Crippen molar-refractivity contribution in [1.29, 1.82) is 0 Å². The van der Waals surface area contributed by atoms with Crippen molar-refractivity contribution in [3.63, 3.8) is 0 Å². The van der Waals surface area contributed by atoms with Gasteiger partial charge in [-0.15, -0.1) is 5.10 Å². The van der Waals surface area contributed by atoms with E-state index in [2.05, 4.69) is 20.9 Å². The van der Waals surface area contributed by atoms with Gasteiger partial charge < -0.3 is 19.7 Å². The number of likely N-dealkylation sites (N-methyl/N-ethyl adjacent to an activating group) is 1. The summed E-state index contributed by atoms with van der Waals surface area (Å²) in [6.07, 6.45) is 2.04. The fourth-order valence-corrected chi connectivity index (χ4v) is 3.74. The molecule has 0 fully saturated rings. The maximum absolute atomic E-state index is 12.9. The lowest BCUT2D eigenvalue weighted by Crippen LogP contribution is -2.28. The number of amides is 2. The van der Waals surface area contributed by atoms with Gasteiger partial charge in [0.05, 0.1) is 53.2 Å². The molecule has 0 aliphatic rings. The molecule has 11 nitrogen and oxygen atoms in total.